The first-order chi connectivity index (χ1) is 15.2. The molecule has 1 aromatic heterocycles. The molecule has 7 heteroatoms. The number of rotatable bonds is 3. The molecule has 0 saturated carbocycles. The lowest BCUT2D eigenvalue weighted by molar-refractivity contribution is -0.132. The van der Waals surface area contributed by atoms with Crippen molar-refractivity contribution >= 4 is 35.0 Å². The van der Waals surface area contributed by atoms with E-state index in [9.17, 15) is 14.7 Å². The lowest BCUT2D eigenvalue weighted by Crippen LogP contribution is -2.31. The van der Waals surface area contributed by atoms with Crippen LogP contribution in [0.5, 0.6) is 0 Å². The molecule has 1 amide bonds. The number of ketones is 1. The van der Waals surface area contributed by atoms with Gasteiger partial charge in [0.05, 0.1) is 11.6 Å². The summed E-state index contributed by atoms with van der Waals surface area (Å²) in [6.07, 6.45) is 3.00. The van der Waals surface area contributed by atoms with E-state index in [1.54, 1.807) is 30.3 Å². The van der Waals surface area contributed by atoms with Crippen molar-refractivity contribution in [2.45, 2.75) is 32.2 Å². The van der Waals surface area contributed by atoms with Crippen molar-refractivity contribution in [1.82, 2.24) is 9.97 Å². The minimum atomic E-state index is -0.873. The van der Waals surface area contributed by atoms with Crippen LogP contribution in [0.4, 0.5) is 5.95 Å². The number of amides is 1. The molecule has 162 valence electrons. The molecule has 2 aromatic carbocycles. The van der Waals surface area contributed by atoms with Crippen LogP contribution in [0.25, 0.3) is 5.76 Å². The Hall–Kier alpha value is -3.51. The van der Waals surface area contributed by atoms with Crippen LogP contribution in [-0.4, -0.2) is 26.8 Å². The molecule has 1 saturated heterocycles. The fourth-order valence-corrected chi connectivity index (χ4v) is 3.82. The molecule has 0 aliphatic carbocycles. The van der Waals surface area contributed by atoms with Crippen molar-refractivity contribution < 1.29 is 14.7 Å². The topological polar surface area (TPSA) is 83.4 Å². The lowest BCUT2D eigenvalue weighted by Gasteiger charge is -2.25. The van der Waals surface area contributed by atoms with Crippen molar-refractivity contribution in [3.8, 4) is 0 Å². The first-order valence-electron chi connectivity index (χ1n) is 10.1. The van der Waals surface area contributed by atoms with Crippen LogP contribution < -0.4 is 4.90 Å². The minimum Gasteiger partial charge on any atom is -0.507 e. The van der Waals surface area contributed by atoms with Crippen LogP contribution >= 0.6 is 11.6 Å². The maximum absolute atomic E-state index is 13.1. The molecule has 1 N–H and O–H groups in total. The molecule has 32 heavy (non-hydrogen) atoms. The number of halogens is 1. The predicted molar refractivity (Wildman–Crippen MR) is 123 cm³/mol. The Morgan fingerprint density at radius 3 is 2.12 bits per heavy atom. The van der Waals surface area contributed by atoms with Crippen LogP contribution in [0.15, 0.2) is 72.6 Å². The molecule has 1 aliphatic heterocycles. The first kappa shape index (κ1) is 21.7. The molecule has 0 radical (unpaired) electrons. The van der Waals surface area contributed by atoms with Crippen molar-refractivity contribution in [2.24, 2.45) is 0 Å². The molecule has 6 nitrogen and oxygen atoms in total. The Kier molecular flexibility index (Phi) is 5.57. The molecular formula is C25H22ClN3O3. The summed E-state index contributed by atoms with van der Waals surface area (Å²) < 4.78 is 0. The van der Waals surface area contributed by atoms with E-state index in [4.69, 9.17) is 11.6 Å². The van der Waals surface area contributed by atoms with Crippen LogP contribution in [0.3, 0.4) is 0 Å². The third-order valence-corrected chi connectivity index (χ3v) is 5.67. The van der Waals surface area contributed by atoms with Crippen molar-refractivity contribution in [1.29, 1.82) is 0 Å². The average molecular weight is 448 g/mol. The number of anilines is 1. The summed E-state index contributed by atoms with van der Waals surface area (Å²) in [5.41, 5.74) is 2.07. The first-order valence-corrected chi connectivity index (χ1v) is 10.5. The van der Waals surface area contributed by atoms with Gasteiger partial charge >= 0.3 is 5.91 Å². The third-order valence-electron chi connectivity index (χ3n) is 5.42. The number of carbonyl (C=O) groups is 2. The highest BCUT2D eigenvalue weighted by Crippen LogP contribution is 2.41. The summed E-state index contributed by atoms with van der Waals surface area (Å²) in [5.74, 6) is -1.77. The monoisotopic (exact) mass is 447 g/mol. The van der Waals surface area contributed by atoms with Crippen molar-refractivity contribution in [3.05, 3.63) is 94.3 Å². The lowest BCUT2D eigenvalue weighted by atomic mass is 9.85. The van der Waals surface area contributed by atoms with E-state index in [-0.39, 0.29) is 22.7 Å². The third kappa shape index (κ3) is 3.89. The van der Waals surface area contributed by atoms with Crippen LogP contribution in [0.2, 0.25) is 5.02 Å². The second-order valence-corrected chi connectivity index (χ2v) is 9.03. The number of aromatic nitrogens is 2. The molecule has 0 bridgehead atoms. The van der Waals surface area contributed by atoms with Gasteiger partial charge < -0.3 is 5.11 Å². The van der Waals surface area contributed by atoms with Gasteiger partial charge in [-0.25, -0.2) is 9.97 Å². The Morgan fingerprint density at radius 2 is 1.56 bits per heavy atom. The molecule has 1 fully saturated rings. The van der Waals surface area contributed by atoms with Crippen LogP contribution in [-0.2, 0) is 15.0 Å². The zero-order valence-corrected chi connectivity index (χ0v) is 18.7. The summed E-state index contributed by atoms with van der Waals surface area (Å²) in [4.78, 5) is 35.7. The fraction of sp³-hybridized carbons (Fsp3) is 0.200. The Bertz CT molecular complexity index is 1200. The maximum atomic E-state index is 13.1. The largest absolute Gasteiger partial charge is 0.507 e. The quantitative estimate of drug-likeness (QED) is 0.345. The molecule has 3 aromatic rings. The van der Waals surface area contributed by atoms with Gasteiger partial charge in [0, 0.05) is 23.0 Å². The van der Waals surface area contributed by atoms with Crippen molar-refractivity contribution in [2.75, 3.05) is 4.90 Å². The predicted octanol–water partition coefficient (Wildman–Crippen LogP) is 5.05. The Labute approximate surface area is 191 Å². The molecule has 1 aliphatic rings. The molecule has 4 rings (SSSR count). The zero-order chi connectivity index (χ0) is 23.0. The zero-order valence-electron chi connectivity index (χ0n) is 17.9. The summed E-state index contributed by atoms with van der Waals surface area (Å²) >= 11 is 5.96. The van der Waals surface area contributed by atoms with E-state index in [1.165, 1.54) is 17.3 Å². The maximum Gasteiger partial charge on any atom is 0.302 e. The van der Waals surface area contributed by atoms with E-state index in [0.717, 1.165) is 5.56 Å². The Morgan fingerprint density at radius 1 is 0.969 bits per heavy atom. The summed E-state index contributed by atoms with van der Waals surface area (Å²) in [7, 11) is 0. The van der Waals surface area contributed by atoms with Gasteiger partial charge in [0.15, 0.2) is 0 Å². The number of hydrogen-bond acceptors (Lipinski definition) is 5. The van der Waals surface area contributed by atoms with E-state index < -0.39 is 17.7 Å². The highest BCUT2D eigenvalue weighted by Gasteiger charge is 2.48. The number of nitrogens with zero attached hydrogens (tertiary/aromatic N) is 3. The van der Waals surface area contributed by atoms with Gasteiger partial charge in [-0.15, -0.1) is 0 Å². The number of Topliss-reactive ketones (excluding diaryl/α,β-unsaturated/α-hetero) is 1. The summed E-state index contributed by atoms with van der Waals surface area (Å²) in [6, 6.07) is 14.8. The van der Waals surface area contributed by atoms with Gasteiger partial charge in [-0.1, -0.05) is 56.6 Å². The van der Waals surface area contributed by atoms with Gasteiger partial charge in [-0.05, 0) is 46.9 Å². The smallest absolute Gasteiger partial charge is 0.302 e. The highest BCUT2D eigenvalue weighted by molar-refractivity contribution is 6.51. The van der Waals surface area contributed by atoms with Crippen molar-refractivity contribution in [3.63, 3.8) is 0 Å². The summed E-state index contributed by atoms with van der Waals surface area (Å²) in [6.45, 7) is 6.31. The average Bonchev–Trinajstić information content (AvgIpc) is 3.04. The number of aliphatic hydroxyl groups excluding tert-OH is 1. The minimum absolute atomic E-state index is 0.0201. The standard InChI is InChI=1S/C25H22ClN3O3/c1-25(2,3)17-9-5-15(6-10-17)20-19(21(30)16-7-11-18(26)12-8-16)22(31)23(32)29(20)24-27-13-4-14-28-24/h4-14,20,30H,1-3H3/b21-19-. The van der Waals surface area contributed by atoms with E-state index in [2.05, 4.69) is 30.7 Å². The normalized spacial score (nSPS) is 18.2. The fourth-order valence-electron chi connectivity index (χ4n) is 3.70. The number of hydrogen-bond donors (Lipinski definition) is 1. The highest BCUT2D eigenvalue weighted by atomic mass is 35.5. The number of benzene rings is 2. The second kappa shape index (κ2) is 8.20. The SMILES string of the molecule is CC(C)(C)c1ccc(C2/C(=C(/O)c3ccc(Cl)cc3)C(=O)C(=O)N2c2ncccn2)cc1. The van der Waals surface area contributed by atoms with Gasteiger partial charge in [-0.3, -0.25) is 14.5 Å². The van der Waals surface area contributed by atoms with E-state index >= 15 is 0 Å². The van der Waals surface area contributed by atoms with Gasteiger partial charge in [-0.2, -0.15) is 0 Å². The molecule has 0 spiro atoms. The molecule has 2 heterocycles. The second-order valence-electron chi connectivity index (χ2n) is 8.60. The van der Waals surface area contributed by atoms with Crippen LogP contribution in [0.1, 0.15) is 43.5 Å². The number of aliphatic hydroxyl groups is 1. The van der Waals surface area contributed by atoms with Gasteiger partial charge in [0.1, 0.15) is 5.76 Å². The Balaban J connectivity index is 1.91. The van der Waals surface area contributed by atoms with Crippen LogP contribution in [0, 0.1) is 0 Å². The molecular weight excluding hydrogens is 426 g/mol. The van der Waals surface area contributed by atoms with Gasteiger partial charge in [0.25, 0.3) is 5.78 Å². The molecule has 1 atom stereocenters. The summed E-state index contributed by atoms with van der Waals surface area (Å²) in [5, 5.41) is 11.6. The number of carbonyl (C=O) groups excluding carboxylic acids is 2. The van der Waals surface area contributed by atoms with E-state index in [1.807, 2.05) is 24.3 Å². The van der Waals surface area contributed by atoms with E-state index in [0.29, 0.717) is 16.1 Å². The van der Waals surface area contributed by atoms with Gasteiger partial charge in [0.2, 0.25) is 5.95 Å². The molecule has 1 unspecified atom stereocenters.